The molecule has 2 aromatic carbocycles. The zero-order valence-corrected chi connectivity index (χ0v) is 18.7. The van der Waals surface area contributed by atoms with Crippen molar-refractivity contribution >= 4 is 34.4 Å². The van der Waals surface area contributed by atoms with Crippen LogP contribution in [-0.4, -0.2) is 54.6 Å². The molecule has 2 N–H and O–H groups in total. The molecule has 0 unspecified atom stereocenters. The molecule has 0 fully saturated rings. The van der Waals surface area contributed by atoms with Gasteiger partial charge in [0.1, 0.15) is 0 Å². The Morgan fingerprint density at radius 1 is 1.06 bits per heavy atom. The Bertz CT molecular complexity index is 871. The molecule has 0 radical (unpaired) electrons. The lowest BCUT2D eigenvalue weighted by atomic mass is 10.2. The first-order valence-electron chi connectivity index (χ1n) is 9.87. The molecule has 2 rings (SSSR count). The van der Waals surface area contributed by atoms with Crippen molar-refractivity contribution in [3.63, 3.8) is 0 Å². The highest BCUT2D eigenvalue weighted by atomic mass is 32.2. The second-order valence-electron chi connectivity index (χ2n) is 7.34. The summed E-state index contributed by atoms with van der Waals surface area (Å²) in [6, 6.07) is 15.4. The number of thioether (sulfide) groups is 1. The third kappa shape index (κ3) is 8.07. The number of nitrogens with one attached hydrogen (secondary N) is 1. The molecule has 0 aliphatic carbocycles. The number of hydrogen-bond acceptors (Lipinski definition) is 6. The summed E-state index contributed by atoms with van der Waals surface area (Å²) >= 11 is 1.04. The van der Waals surface area contributed by atoms with E-state index in [2.05, 4.69) is 5.32 Å². The van der Waals surface area contributed by atoms with Gasteiger partial charge in [-0.3, -0.25) is 9.59 Å². The van der Waals surface area contributed by atoms with E-state index in [4.69, 9.17) is 4.74 Å². The van der Waals surface area contributed by atoms with Crippen LogP contribution in [0.25, 0.3) is 0 Å². The van der Waals surface area contributed by atoms with Gasteiger partial charge in [0, 0.05) is 37.0 Å². The van der Waals surface area contributed by atoms with Crippen molar-refractivity contribution in [1.29, 1.82) is 0 Å². The molecule has 0 aromatic heterocycles. The van der Waals surface area contributed by atoms with E-state index in [-0.39, 0.29) is 24.1 Å². The van der Waals surface area contributed by atoms with Crippen molar-refractivity contribution in [3.8, 4) is 0 Å². The molecule has 1 amide bonds. The van der Waals surface area contributed by atoms with Crippen molar-refractivity contribution in [2.75, 3.05) is 31.4 Å². The SMILES string of the molecule is C[C@H](CSC(=O)c1ccccc1)C(=O)N[C@H](COCc1ccc(N(C)C)cc1)C(=O)O. The van der Waals surface area contributed by atoms with Gasteiger partial charge >= 0.3 is 5.97 Å². The number of carbonyl (C=O) groups is 3. The highest BCUT2D eigenvalue weighted by Gasteiger charge is 2.24. The summed E-state index contributed by atoms with van der Waals surface area (Å²) in [7, 11) is 3.89. The number of amides is 1. The summed E-state index contributed by atoms with van der Waals surface area (Å²) in [5.74, 6) is -1.88. The maximum Gasteiger partial charge on any atom is 0.328 e. The summed E-state index contributed by atoms with van der Waals surface area (Å²) in [5, 5.41) is 11.8. The first-order valence-corrected chi connectivity index (χ1v) is 10.9. The molecule has 2 atom stereocenters. The number of anilines is 1. The number of ether oxygens (including phenoxy) is 1. The number of rotatable bonds is 11. The molecule has 166 valence electrons. The van der Waals surface area contributed by atoms with Crippen LogP contribution in [0.1, 0.15) is 22.8 Å². The normalized spacial score (nSPS) is 12.6. The molecular formula is C23H28N2O5S. The Labute approximate surface area is 186 Å². The average Bonchev–Trinajstić information content (AvgIpc) is 2.77. The van der Waals surface area contributed by atoms with Gasteiger partial charge in [-0.2, -0.15) is 0 Å². The van der Waals surface area contributed by atoms with E-state index in [1.54, 1.807) is 31.2 Å². The highest BCUT2D eigenvalue weighted by Crippen LogP contribution is 2.16. The maximum absolute atomic E-state index is 12.4. The van der Waals surface area contributed by atoms with Gasteiger partial charge in [-0.05, 0) is 17.7 Å². The smallest absolute Gasteiger partial charge is 0.328 e. The third-order valence-electron chi connectivity index (χ3n) is 4.54. The monoisotopic (exact) mass is 444 g/mol. The van der Waals surface area contributed by atoms with Gasteiger partial charge in [0.15, 0.2) is 6.04 Å². The summed E-state index contributed by atoms with van der Waals surface area (Å²) in [4.78, 5) is 38.0. The zero-order valence-electron chi connectivity index (χ0n) is 17.9. The molecule has 0 aliphatic rings. The van der Waals surface area contributed by atoms with E-state index in [0.717, 1.165) is 23.0 Å². The molecule has 0 bridgehead atoms. The summed E-state index contributed by atoms with van der Waals surface area (Å²) in [5.41, 5.74) is 2.53. The van der Waals surface area contributed by atoms with Crippen LogP contribution < -0.4 is 10.2 Å². The fraction of sp³-hybridized carbons (Fsp3) is 0.348. The summed E-state index contributed by atoms with van der Waals surface area (Å²) in [6.45, 7) is 1.75. The van der Waals surface area contributed by atoms with Gasteiger partial charge in [0.2, 0.25) is 11.0 Å². The Morgan fingerprint density at radius 2 is 1.71 bits per heavy atom. The van der Waals surface area contributed by atoms with Gasteiger partial charge in [-0.25, -0.2) is 4.79 Å². The number of carboxylic acids is 1. The summed E-state index contributed by atoms with van der Waals surface area (Å²) in [6.07, 6.45) is 0. The van der Waals surface area contributed by atoms with E-state index in [9.17, 15) is 19.5 Å². The standard InChI is InChI=1S/C23H28N2O5S/c1-16(15-31-23(29)18-7-5-4-6-8-18)21(26)24-20(22(27)28)14-30-13-17-9-11-19(12-10-17)25(2)3/h4-12,16,20H,13-15H2,1-3H3,(H,24,26)(H,27,28)/t16-,20-/m1/s1. The lowest BCUT2D eigenvalue weighted by Gasteiger charge is -2.18. The van der Waals surface area contributed by atoms with Gasteiger partial charge < -0.3 is 20.1 Å². The number of carbonyl (C=O) groups excluding carboxylic acids is 2. The predicted molar refractivity (Wildman–Crippen MR) is 122 cm³/mol. The summed E-state index contributed by atoms with van der Waals surface area (Å²) < 4.78 is 5.51. The van der Waals surface area contributed by atoms with Gasteiger partial charge in [-0.15, -0.1) is 0 Å². The number of carboxylic acid groups (broad SMARTS) is 1. The number of benzene rings is 2. The van der Waals surface area contributed by atoms with Gasteiger partial charge in [0.05, 0.1) is 13.2 Å². The molecule has 0 saturated heterocycles. The zero-order chi connectivity index (χ0) is 22.8. The molecule has 0 aliphatic heterocycles. The number of nitrogens with zero attached hydrogens (tertiary/aromatic N) is 1. The van der Waals surface area contributed by atoms with E-state index >= 15 is 0 Å². The molecule has 31 heavy (non-hydrogen) atoms. The molecule has 2 aromatic rings. The third-order valence-corrected chi connectivity index (χ3v) is 5.71. The van der Waals surface area contributed by atoms with Crippen LogP contribution in [0.15, 0.2) is 54.6 Å². The van der Waals surface area contributed by atoms with Crippen LogP contribution in [0.3, 0.4) is 0 Å². The first-order chi connectivity index (χ1) is 14.8. The topological polar surface area (TPSA) is 95.9 Å². The van der Waals surface area contributed by atoms with E-state index in [0.29, 0.717) is 5.56 Å². The van der Waals surface area contributed by atoms with Crippen LogP contribution in [0.5, 0.6) is 0 Å². The first kappa shape index (κ1) is 24.4. The van der Waals surface area contributed by atoms with Crippen LogP contribution >= 0.6 is 11.8 Å². The average molecular weight is 445 g/mol. The molecule has 8 heteroatoms. The fourth-order valence-corrected chi connectivity index (χ4v) is 3.46. The van der Waals surface area contributed by atoms with E-state index < -0.39 is 23.8 Å². The van der Waals surface area contributed by atoms with Crippen LogP contribution in [0, 0.1) is 5.92 Å². The van der Waals surface area contributed by atoms with Gasteiger partial charge in [-0.1, -0.05) is 61.2 Å². The lowest BCUT2D eigenvalue weighted by Crippen LogP contribution is -2.46. The van der Waals surface area contributed by atoms with Crippen LogP contribution in [0.2, 0.25) is 0 Å². The molecule has 0 heterocycles. The second kappa shape index (κ2) is 12.1. The fourth-order valence-electron chi connectivity index (χ4n) is 2.61. The van der Waals surface area contributed by atoms with E-state index in [1.165, 1.54) is 0 Å². The van der Waals surface area contributed by atoms with Crippen LogP contribution in [-0.2, 0) is 20.9 Å². The van der Waals surface area contributed by atoms with Crippen molar-refractivity contribution in [2.45, 2.75) is 19.6 Å². The minimum absolute atomic E-state index is 0.126. The van der Waals surface area contributed by atoms with Crippen molar-refractivity contribution in [1.82, 2.24) is 5.32 Å². The Morgan fingerprint density at radius 3 is 2.29 bits per heavy atom. The predicted octanol–water partition coefficient (Wildman–Crippen LogP) is 3.05. The molecule has 0 saturated carbocycles. The minimum Gasteiger partial charge on any atom is -0.480 e. The van der Waals surface area contributed by atoms with Crippen molar-refractivity contribution < 1.29 is 24.2 Å². The number of aliphatic carboxylic acids is 1. The quantitative estimate of drug-likeness (QED) is 0.550. The van der Waals surface area contributed by atoms with Crippen molar-refractivity contribution in [2.24, 2.45) is 5.92 Å². The van der Waals surface area contributed by atoms with E-state index in [1.807, 2.05) is 49.3 Å². The van der Waals surface area contributed by atoms with Crippen LogP contribution in [0.4, 0.5) is 5.69 Å². The largest absolute Gasteiger partial charge is 0.480 e. The highest BCUT2D eigenvalue weighted by molar-refractivity contribution is 8.14. The Hall–Kier alpha value is -2.84. The molecule has 0 spiro atoms. The second-order valence-corrected chi connectivity index (χ2v) is 8.33. The lowest BCUT2D eigenvalue weighted by molar-refractivity contribution is -0.144. The molecular weight excluding hydrogens is 416 g/mol. The van der Waals surface area contributed by atoms with Crippen molar-refractivity contribution in [3.05, 3.63) is 65.7 Å². The maximum atomic E-state index is 12.4. The minimum atomic E-state index is -1.17. The Kier molecular flexibility index (Phi) is 9.55. The van der Waals surface area contributed by atoms with Gasteiger partial charge in [0.25, 0.3) is 0 Å². The molecule has 7 nitrogen and oxygen atoms in total. The Balaban J connectivity index is 1.79. The number of hydrogen-bond donors (Lipinski definition) is 2.